The zero-order valence-electron chi connectivity index (χ0n) is 16.5. The van der Waals surface area contributed by atoms with E-state index in [0.29, 0.717) is 18.5 Å². The van der Waals surface area contributed by atoms with Crippen LogP contribution in [0.15, 0.2) is 89.9 Å². The zero-order valence-corrected chi connectivity index (χ0v) is 16.5. The van der Waals surface area contributed by atoms with Crippen molar-refractivity contribution in [2.75, 3.05) is 6.54 Å². The summed E-state index contributed by atoms with van der Waals surface area (Å²) in [4.78, 5) is 17.9. The fourth-order valence-electron chi connectivity index (χ4n) is 4.29. The van der Waals surface area contributed by atoms with Crippen molar-refractivity contribution in [1.29, 1.82) is 0 Å². The number of nitrogens with one attached hydrogen (secondary N) is 1. The number of carbonyl (C=O) groups is 1. The van der Waals surface area contributed by atoms with E-state index >= 15 is 0 Å². The van der Waals surface area contributed by atoms with Crippen LogP contribution in [-0.4, -0.2) is 29.4 Å². The highest BCUT2D eigenvalue weighted by atomic mass is 16.3. The Balaban J connectivity index is 1.42. The van der Waals surface area contributed by atoms with Crippen LogP contribution in [0.4, 0.5) is 0 Å². The van der Waals surface area contributed by atoms with E-state index < -0.39 is 12.1 Å². The van der Waals surface area contributed by atoms with Crippen molar-refractivity contribution in [3.63, 3.8) is 0 Å². The van der Waals surface area contributed by atoms with Gasteiger partial charge in [-0.25, -0.2) is 0 Å². The van der Waals surface area contributed by atoms with Gasteiger partial charge in [-0.3, -0.25) is 9.79 Å². The molecule has 0 unspecified atom stereocenters. The van der Waals surface area contributed by atoms with E-state index in [0.717, 1.165) is 33.5 Å². The van der Waals surface area contributed by atoms with Crippen LogP contribution in [-0.2, 0) is 6.42 Å². The molecule has 0 aromatic heterocycles. The minimum atomic E-state index is -0.619. The van der Waals surface area contributed by atoms with Gasteiger partial charge in [-0.15, -0.1) is 0 Å². The van der Waals surface area contributed by atoms with Crippen LogP contribution in [0.5, 0.6) is 0 Å². The van der Waals surface area contributed by atoms with Crippen molar-refractivity contribution in [2.45, 2.75) is 18.6 Å². The lowest BCUT2D eigenvalue weighted by atomic mass is 9.99. The highest BCUT2D eigenvalue weighted by molar-refractivity contribution is 6.19. The third-order valence-electron chi connectivity index (χ3n) is 5.81. The summed E-state index contributed by atoms with van der Waals surface area (Å²) in [6.07, 6.45) is 1.99. The number of aliphatic hydroxyl groups is 1. The van der Waals surface area contributed by atoms with E-state index in [1.807, 2.05) is 66.7 Å². The van der Waals surface area contributed by atoms with Crippen molar-refractivity contribution in [3.05, 3.63) is 113 Å². The quantitative estimate of drug-likeness (QED) is 0.704. The third kappa shape index (κ3) is 3.36. The Kier molecular flexibility index (Phi) is 4.77. The summed E-state index contributed by atoms with van der Waals surface area (Å²) in [6, 6.07) is 25.2. The molecule has 4 heteroatoms. The molecule has 0 bridgehead atoms. The highest BCUT2D eigenvalue weighted by Gasteiger charge is 2.32. The van der Waals surface area contributed by atoms with Gasteiger partial charge in [0.05, 0.1) is 24.4 Å². The van der Waals surface area contributed by atoms with Gasteiger partial charge in [0.25, 0.3) is 5.91 Å². The lowest BCUT2D eigenvalue weighted by Crippen LogP contribution is -2.34. The summed E-state index contributed by atoms with van der Waals surface area (Å²) >= 11 is 0. The molecule has 4 nitrogen and oxygen atoms in total. The molecular weight excluding hydrogens is 372 g/mol. The van der Waals surface area contributed by atoms with E-state index in [9.17, 15) is 9.90 Å². The van der Waals surface area contributed by atoms with Gasteiger partial charge < -0.3 is 10.4 Å². The Hall–Kier alpha value is -3.50. The molecular formula is C26H22N2O2. The second kappa shape index (κ2) is 7.73. The van der Waals surface area contributed by atoms with Gasteiger partial charge in [0, 0.05) is 17.5 Å². The lowest BCUT2D eigenvalue weighted by molar-refractivity contribution is 0.0858. The number of benzene rings is 3. The summed E-state index contributed by atoms with van der Waals surface area (Å²) in [5.41, 5.74) is 6.54. The van der Waals surface area contributed by atoms with Gasteiger partial charge >= 0.3 is 0 Å². The standard InChI is InChI=1S/C26H22N2O2/c29-24-15-18-10-4-5-11-20(18)25(24)28-26(30)22-13-7-6-12-21(22)23-14-19(16-27-23)17-8-2-1-3-9-17/h1-14,24-25,29H,15-16H2,(H,28,30)/t24-,25-/m1/s1. The maximum absolute atomic E-state index is 13.2. The molecule has 2 N–H and O–H groups in total. The molecule has 30 heavy (non-hydrogen) atoms. The van der Waals surface area contributed by atoms with Crippen molar-refractivity contribution < 1.29 is 9.90 Å². The molecule has 3 aromatic carbocycles. The topological polar surface area (TPSA) is 61.7 Å². The van der Waals surface area contributed by atoms with Crippen LogP contribution in [0, 0.1) is 0 Å². The van der Waals surface area contributed by atoms with Crippen molar-refractivity contribution >= 4 is 17.2 Å². The Morgan fingerprint density at radius 3 is 2.53 bits per heavy atom. The van der Waals surface area contributed by atoms with Gasteiger partial charge in [-0.2, -0.15) is 0 Å². The first-order valence-electron chi connectivity index (χ1n) is 10.2. The van der Waals surface area contributed by atoms with Crippen molar-refractivity contribution in [3.8, 4) is 0 Å². The number of amides is 1. The van der Waals surface area contributed by atoms with E-state index in [1.165, 1.54) is 0 Å². The van der Waals surface area contributed by atoms with Crippen LogP contribution in [0.1, 0.15) is 38.7 Å². The number of fused-ring (bicyclic) bond motifs is 1. The first-order valence-corrected chi connectivity index (χ1v) is 10.2. The maximum Gasteiger partial charge on any atom is 0.252 e. The lowest BCUT2D eigenvalue weighted by Gasteiger charge is -2.19. The Morgan fingerprint density at radius 2 is 1.67 bits per heavy atom. The number of aliphatic hydroxyl groups excluding tert-OH is 1. The maximum atomic E-state index is 13.2. The van der Waals surface area contributed by atoms with Crippen LogP contribution >= 0.6 is 0 Å². The molecule has 148 valence electrons. The van der Waals surface area contributed by atoms with E-state index in [2.05, 4.69) is 28.5 Å². The fraction of sp³-hybridized carbons (Fsp3) is 0.154. The largest absolute Gasteiger partial charge is 0.390 e. The van der Waals surface area contributed by atoms with Crippen molar-refractivity contribution in [1.82, 2.24) is 5.32 Å². The molecule has 3 aromatic rings. The molecule has 1 aliphatic heterocycles. The SMILES string of the molecule is O=C(N[C@@H]1c2ccccc2C[C@H]1O)c1ccccc1C1=NCC(c2ccccc2)=C1. The summed E-state index contributed by atoms with van der Waals surface area (Å²) < 4.78 is 0. The van der Waals surface area contributed by atoms with Gasteiger partial charge in [0.15, 0.2) is 0 Å². The summed E-state index contributed by atoms with van der Waals surface area (Å²) in [6.45, 7) is 0.601. The Bertz CT molecular complexity index is 1160. The molecule has 0 saturated carbocycles. The first kappa shape index (κ1) is 18.5. The smallest absolute Gasteiger partial charge is 0.252 e. The number of nitrogens with zero attached hydrogens (tertiary/aromatic N) is 1. The second-order valence-corrected chi connectivity index (χ2v) is 7.70. The predicted molar refractivity (Wildman–Crippen MR) is 119 cm³/mol. The van der Waals surface area contributed by atoms with Gasteiger partial charge in [0.1, 0.15) is 0 Å². The van der Waals surface area contributed by atoms with E-state index in [1.54, 1.807) is 0 Å². The van der Waals surface area contributed by atoms with Crippen LogP contribution < -0.4 is 5.32 Å². The molecule has 0 spiro atoms. The molecule has 5 rings (SSSR count). The summed E-state index contributed by atoms with van der Waals surface area (Å²) in [5.74, 6) is -0.199. The van der Waals surface area contributed by atoms with Crippen molar-refractivity contribution in [2.24, 2.45) is 4.99 Å². The molecule has 0 fully saturated rings. The molecule has 2 atom stereocenters. The van der Waals surface area contributed by atoms with Crippen LogP contribution in [0.2, 0.25) is 0 Å². The number of hydrogen-bond donors (Lipinski definition) is 2. The average Bonchev–Trinajstić information content (AvgIpc) is 3.40. The molecule has 0 saturated heterocycles. The van der Waals surface area contributed by atoms with Gasteiger partial charge in [-0.1, -0.05) is 72.8 Å². The fourth-order valence-corrected chi connectivity index (χ4v) is 4.29. The molecule has 1 aliphatic carbocycles. The van der Waals surface area contributed by atoms with Gasteiger partial charge in [0.2, 0.25) is 0 Å². The molecule has 1 heterocycles. The second-order valence-electron chi connectivity index (χ2n) is 7.70. The monoisotopic (exact) mass is 394 g/mol. The first-order chi connectivity index (χ1) is 14.7. The Labute approximate surface area is 175 Å². The number of rotatable bonds is 4. The van der Waals surface area contributed by atoms with Gasteiger partial charge in [-0.05, 0) is 34.4 Å². The average molecular weight is 394 g/mol. The van der Waals surface area contributed by atoms with E-state index in [4.69, 9.17) is 0 Å². The minimum absolute atomic E-state index is 0.199. The summed E-state index contributed by atoms with van der Waals surface area (Å²) in [5, 5.41) is 13.5. The predicted octanol–water partition coefficient (Wildman–Crippen LogP) is 3.96. The molecule has 2 aliphatic rings. The molecule has 0 radical (unpaired) electrons. The number of carbonyl (C=O) groups excluding carboxylic acids is 1. The Morgan fingerprint density at radius 1 is 0.933 bits per heavy atom. The number of allylic oxidation sites excluding steroid dienone is 1. The van der Waals surface area contributed by atoms with Crippen LogP contribution in [0.25, 0.3) is 5.57 Å². The molecule has 1 amide bonds. The zero-order chi connectivity index (χ0) is 20.5. The van der Waals surface area contributed by atoms with Crippen LogP contribution in [0.3, 0.4) is 0 Å². The summed E-state index contributed by atoms with van der Waals surface area (Å²) in [7, 11) is 0. The normalized spacial score (nSPS) is 19.8. The highest BCUT2D eigenvalue weighted by Crippen LogP contribution is 2.32. The third-order valence-corrected chi connectivity index (χ3v) is 5.81. The number of aliphatic imine (C=N–C) groups is 1. The minimum Gasteiger partial charge on any atom is -0.390 e. The number of hydrogen-bond acceptors (Lipinski definition) is 3. The van der Waals surface area contributed by atoms with E-state index in [-0.39, 0.29) is 5.91 Å².